The summed E-state index contributed by atoms with van der Waals surface area (Å²) in [4.78, 5) is 4.30. The molecule has 24 heavy (non-hydrogen) atoms. The molecule has 3 aromatic rings. The van der Waals surface area contributed by atoms with E-state index in [4.69, 9.17) is 9.47 Å². The van der Waals surface area contributed by atoms with Crippen molar-refractivity contribution in [3.8, 4) is 17.2 Å². The van der Waals surface area contributed by atoms with Crippen LogP contribution in [0.1, 0.15) is 0 Å². The van der Waals surface area contributed by atoms with Gasteiger partial charge in [-0.15, -0.1) is 0 Å². The van der Waals surface area contributed by atoms with Gasteiger partial charge in [-0.05, 0) is 34.1 Å². The summed E-state index contributed by atoms with van der Waals surface area (Å²) < 4.78 is 25.0. The molecular formula is C17H14BrFN2O3. The Morgan fingerprint density at radius 2 is 1.79 bits per heavy atom. The third-order valence-electron chi connectivity index (χ3n) is 3.55. The smallest absolute Gasteiger partial charge is 0.162 e. The Morgan fingerprint density at radius 1 is 1.08 bits per heavy atom. The molecule has 0 fully saturated rings. The van der Waals surface area contributed by atoms with E-state index in [2.05, 4.69) is 26.2 Å². The average molecular weight is 393 g/mol. The summed E-state index contributed by atoms with van der Waals surface area (Å²) in [6.45, 7) is 0. The zero-order valence-corrected chi connectivity index (χ0v) is 14.5. The number of nitrogens with one attached hydrogen (secondary N) is 1. The standard InChI is InChI=1S/C17H14BrFN2O3/c1-23-16-5-9-12(3-4-20-13(9)8-17(16)24-2)21-14-7-15(22)10(18)6-11(14)19/h3-8,22H,1-2H3,(H,20,21). The molecule has 7 heteroatoms. The van der Waals surface area contributed by atoms with Gasteiger partial charge in [0.1, 0.15) is 11.6 Å². The molecule has 1 heterocycles. The molecule has 0 aliphatic carbocycles. The summed E-state index contributed by atoms with van der Waals surface area (Å²) >= 11 is 3.08. The number of rotatable bonds is 4. The molecule has 0 radical (unpaired) electrons. The van der Waals surface area contributed by atoms with Gasteiger partial charge < -0.3 is 19.9 Å². The predicted molar refractivity (Wildman–Crippen MR) is 93.9 cm³/mol. The van der Waals surface area contributed by atoms with Crippen LogP contribution in [0.4, 0.5) is 15.8 Å². The van der Waals surface area contributed by atoms with Crippen molar-refractivity contribution in [1.82, 2.24) is 4.98 Å². The minimum Gasteiger partial charge on any atom is -0.507 e. The molecule has 0 spiro atoms. The van der Waals surface area contributed by atoms with Gasteiger partial charge in [-0.3, -0.25) is 4.98 Å². The van der Waals surface area contributed by atoms with Crippen LogP contribution >= 0.6 is 15.9 Å². The van der Waals surface area contributed by atoms with Gasteiger partial charge in [0.15, 0.2) is 11.5 Å². The van der Waals surface area contributed by atoms with Crippen LogP contribution in [0, 0.1) is 5.82 Å². The second-order valence-corrected chi connectivity index (χ2v) is 5.85. The summed E-state index contributed by atoms with van der Waals surface area (Å²) in [6, 6.07) is 7.73. The number of aromatic hydroxyl groups is 1. The van der Waals surface area contributed by atoms with Crippen molar-refractivity contribution in [2.45, 2.75) is 0 Å². The average Bonchev–Trinajstić information content (AvgIpc) is 2.58. The molecule has 0 aliphatic heterocycles. The Balaban J connectivity index is 2.11. The molecule has 2 aromatic carbocycles. The van der Waals surface area contributed by atoms with Gasteiger partial charge in [-0.25, -0.2) is 4.39 Å². The van der Waals surface area contributed by atoms with Crippen LogP contribution in [0.25, 0.3) is 10.9 Å². The molecule has 2 N–H and O–H groups in total. The molecule has 124 valence electrons. The number of benzene rings is 2. The SMILES string of the molecule is COc1cc2nccc(Nc3cc(O)c(Br)cc3F)c2cc1OC. The number of hydrogen-bond acceptors (Lipinski definition) is 5. The first-order valence-corrected chi connectivity index (χ1v) is 7.78. The highest BCUT2D eigenvalue weighted by molar-refractivity contribution is 9.10. The van der Waals surface area contributed by atoms with E-state index < -0.39 is 5.82 Å². The van der Waals surface area contributed by atoms with Crippen molar-refractivity contribution in [3.05, 3.63) is 46.8 Å². The van der Waals surface area contributed by atoms with Gasteiger partial charge in [0, 0.05) is 29.4 Å². The van der Waals surface area contributed by atoms with Gasteiger partial charge >= 0.3 is 0 Å². The first kappa shape index (κ1) is 16.3. The minimum absolute atomic E-state index is 0.0588. The number of hydrogen-bond donors (Lipinski definition) is 2. The molecule has 0 atom stereocenters. The summed E-state index contributed by atoms with van der Waals surface area (Å²) in [5.41, 5.74) is 1.44. The Hall–Kier alpha value is -2.54. The zero-order valence-electron chi connectivity index (χ0n) is 12.9. The highest BCUT2D eigenvalue weighted by Crippen LogP contribution is 2.37. The van der Waals surface area contributed by atoms with Crippen molar-refractivity contribution >= 4 is 38.2 Å². The van der Waals surface area contributed by atoms with Crippen molar-refractivity contribution in [2.24, 2.45) is 0 Å². The fraction of sp³-hybridized carbons (Fsp3) is 0.118. The van der Waals surface area contributed by atoms with Gasteiger partial charge in [0.25, 0.3) is 0 Å². The van der Waals surface area contributed by atoms with E-state index in [-0.39, 0.29) is 15.9 Å². The van der Waals surface area contributed by atoms with Gasteiger partial charge in [-0.1, -0.05) is 0 Å². The van der Waals surface area contributed by atoms with E-state index in [0.717, 1.165) is 5.39 Å². The monoisotopic (exact) mass is 392 g/mol. The first-order valence-electron chi connectivity index (χ1n) is 6.99. The van der Waals surface area contributed by atoms with Crippen LogP contribution in [0.5, 0.6) is 17.2 Å². The molecule has 0 amide bonds. The minimum atomic E-state index is -0.495. The first-order chi connectivity index (χ1) is 11.5. The lowest BCUT2D eigenvalue weighted by molar-refractivity contribution is 0.356. The Bertz CT molecular complexity index is 918. The van der Waals surface area contributed by atoms with E-state index in [0.29, 0.717) is 22.7 Å². The number of pyridine rings is 1. The molecule has 0 saturated heterocycles. The Kier molecular flexibility index (Phi) is 4.44. The van der Waals surface area contributed by atoms with Crippen LogP contribution < -0.4 is 14.8 Å². The molecule has 0 saturated carbocycles. The Morgan fingerprint density at radius 3 is 2.50 bits per heavy atom. The van der Waals surface area contributed by atoms with E-state index in [9.17, 15) is 9.50 Å². The lowest BCUT2D eigenvalue weighted by Crippen LogP contribution is -1.97. The Labute approximate surface area is 146 Å². The predicted octanol–water partition coefficient (Wildman–Crippen LogP) is 4.60. The van der Waals surface area contributed by atoms with Crippen molar-refractivity contribution in [3.63, 3.8) is 0 Å². The summed E-state index contributed by atoms with van der Waals surface area (Å²) in [5, 5.41) is 13.5. The quantitative estimate of drug-likeness (QED) is 0.678. The molecule has 5 nitrogen and oxygen atoms in total. The van der Waals surface area contributed by atoms with Crippen LogP contribution in [-0.2, 0) is 0 Å². The summed E-state index contributed by atoms with van der Waals surface area (Å²) in [6.07, 6.45) is 1.60. The second kappa shape index (κ2) is 6.52. The fourth-order valence-electron chi connectivity index (χ4n) is 2.36. The molecule has 0 bridgehead atoms. The maximum absolute atomic E-state index is 14.1. The second-order valence-electron chi connectivity index (χ2n) is 4.99. The number of phenols is 1. The third-order valence-corrected chi connectivity index (χ3v) is 4.19. The van der Waals surface area contributed by atoms with Gasteiger partial charge in [-0.2, -0.15) is 0 Å². The zero-order chi connectivity index (χ0) is 17.3. The number of anilines is 2. The van der Waals surface area contributed by atoms with Gasteiger partial charge in [0.2, 0.25) is 0 Å². The van der Waals surface area contributed by atoms with E-state index >= 15 is 0 Å². The van der Waals surface area contributed by atoms with Crippen LogP contribution in [-0.4, -0.2) is 24.3 Å². The maximum Gasteiger partial charge on any atom is 0.162 e. The number of aromatic nitrogens is 1. The largest absolute Gasteiger partial charge is 0.507 e. The number of fused-ring (bicyclic) bond motifs is 1. The van der Waals surface area contributed by atoms with E-state index in [1.807, 2.05) is 0 Å². The highest BCUT2D eigenvalue weighted by atomic mass is 79.9. The van der Waals surface area contributed by atoms with E-state index in [1.165, 1.54) is 12.1 Å². The molecular weight excluding hydrogens is 379 g/mol. The highest BCUT2D eigenvalue weighted by Gasteiger charge is 2.12. The van der Waals surface area contributed by atoms with Crippen LogP contribution in [0.3, 0.4) is 0 Å². The number of methoxy groups -OCH3 is 2. The number of ether oxygens (including phenoxy) is 2. The van der Waals surface area contributed by atoms with Crippen molar-refractivity contribution < 1.29 is 19.0 Å². The van der Waals surface area contributed by atoms with Gasteiger partial charge in [0.05, 0.1) is 29.9 Å². The van der Waals surface area contributed by atoms with Crippen molar-refractivity contribution in [2.75, 3.05) is 19.5 Å². The summed E-state index contributed by atoms with van der Waals surface area (Å²) in [7, 11) is 3.09. The van der Waals surface area contributed by atoms with Crippen molar-refractivity contribution in [1.29, 1.82) is 0 Å². The third kappa shape index (κ3) is 2.94. The topological polar surface area (TPSA) is 63.6 Å². The molecule has 1 aromatic heterocycles. The molecule has 3 rings (SSSR count). The lowest BCUT2D eigenvalue weighted by atomic mass is 10.1. The van der Waals surface area contributed by atoms with Crippen LogP contribution in [0.15, 0.2) is 41.0 Å². The number of nitrogens with zero attached hydrogens (tertiary/aromatic N) is 1. The summed E-state index contributed by atoms with van der Waals surface area (Å²) in [5.74, 6) is 0.545. The van der Waals surface area contributed by atoms with Crippen LogP contribution in [0.2, 0.25) is 0 Å². The maximum atomic E-state index is 14.1. The molecule has 0 aliphatic rings. The van der Waals surface area contributed by atoms with E-state index in [1.54, 1.807) is 38.6 Å². The fourth-order valence-corrected chi connectivity index (χ4v) is 2.68. The molecule has 0 unspecified atom stereocenters. The normalized spacial score (nSPS) is 10.7. The lowest BCUT2D eigenvalue weighted by Gasteiger charge is -2.13. The number of phenolic OH excluding ortho intramolecular Hbond substituents is 1. The number of halogens is 2.